The van der Waals surface area contributed by atoms with Gasteiger partial charge in [-0.3, -0.25) is 0 Å². The first-order valence-electron chi connectivity index (χ1n) is 8.41. The summed E-state index contributed by atoms with van der Waals surface area (Å²) in [6, 6.07) is 9.75. The quantitative estimate of drug-likeness (QED) is 0.607. The van der Waals surface area contributed by atoms with E-state index >= 15 is 0 Å². The average Bonchev–Trinajstić information content (AvgIpc) is 3.20. The van der Waals surface area contributed by atoms with Crippen LogP contribution in [0, 0.1) is 0 Å². The van der Waals surface area contributed by atoms with Gasteiger partial charge >= 0.3 is 0 Å². The van der Waals surface area contributed by atoms with Gasteiger partial charge in [-0.05, 0) is 17.7 Å². The van der Waals surface area contributed by atoms with Crippen molar-refractivity contribution in [2.75, 3.05) is 13.6 Å². The van der Waals surface area contributed by atoms with E-state index in [2.05, 4.69) is 17.1 Å². The van der Waals surface area contributed by atoms with Gasteiger partial charge in [-0.25, -0.2) is 14.5 Å². The standard InChI is InChI=1S/C18H17N5OS/c1-22-8-7-13-14(9-22)25-18-16(13)17-20-15(21-23(17)11-19-18)10-24-12-5-3-2-4-6-12/h2-6,11H,7-10H2,1H3/p+1. The van der Waals surface area contributed by atoms with Crippen molar-refractivity contribution in [3.63, 3.8) is 0 Å². The molecule has 0 fully saturated rings. The fraction of sp³-hybridized carbons (Fsp3) is 0.278. The Morgan fingerprint density at radius 1 is 1.28 bits per heavy atom. The van der Waals surface area contributed by atoms with E-state index in [1.165, 1.54) is 15.8 Å². The number of para-hydroxylation sites is 1. The van der Waals surface area contributed by atoms with E-state index in [0.29, 0.717) is 12.4 Å². The Morgan fingerprint density at radius 2 is 2.16 bits per heavy atom. The molecule has 4 aromatic rings. The van der Waals surface area contributed by atoms with Crippen molar-refractivity contribution in [2.24, 2.45) is 0 Å². The van der Waals surface area contributed by atoms with E-state index in [1.54, 1.807) is 27.1 Å². The Morgan fingerprint density at radius 3 is 3.04 bits per heavy atom. The highest BCUT2D eigenvalue weighted by molar-refractivity contribution is 7.19. The summed E-state index contributed by atoms with van der Waals surface area (Å²) in [5, 5.41) is 5.71. The molecule has 0 radical (unpaired) electrons. The minimum atomic E-state index is 0.354. The predicted octanol–water partition coefficient (Wildman–Crippen LogP) is 1.49. The smallest absolute Gasteiger partial charge is 0.189 e. The molecule has 0 bridgehead atoms. The zero-order valence-electron chi connectivity index (χ0n) is 13.9. The zero-order valence-corrected chi connectivity index (χ0v) is 14.7. The normalized spacial score (nSPS) is 17.1. The molecule has 0 spiro atoms. The monoisotopic (exact) mass is 352 g/mol. The Labute approximate surface area is 148 Å². The third kappa shape index (κ3) is 2.56. The van der Waals surface area contributed by atoms with Crippen molar-refractivity contribution in [1.29, 1.82) is 0 Å². The maximum atomic E-state index is 5.78. The van der Waals surface area contributed by atoms with Gasteiger partial charge in [0.05, 0.1) is 23.9 Å². The van der Waals surface area contributed by atoms with Gasteiger partial charge in [0.25, 0.3) is 0 Å². The molecule has 3 aromatic heterocycles. The highest BCUT2D eigenvalue weighted by Gasteiger charge is 2.24. The third-order valence-corrected chi connectivity index (χ3v) is 5.77. The van der Waals surface area contributed by atoms with Gasteiger partial charge in [0.1, 0.15) is 30.1 Å². The molecule has 1 aromatic carbocycles. The minimum absolute atomic E-state index is 0.354. The molecule has 7 heteroatoms. The highest BCUT2D eigenvalue weighted by Crippen LogP contribution is 2.33. The number of hydrogen-bond donors (Lipinski definition) is 1. The zero-order chi connectivity index (χ0) is 16.8. The van der Waals surface area contributed by atoms with Crippen molar-refractivity contribution in [3.8, 4) is 5.75 Å². The molecular weight excluding hydrogens is 334 g/mol. The SMILES string of the molecule is C[NH+]1CCc2c(sc3ncn4nc(COc5ccccc5)nc4c23)C1. The van der Waals surface area contributed by atoms with Crippen molar-refractivity contribution in [3.05, 3.63) is 52.9 Å². The van der Waals surface area contributed by atoms with Gasteiger partial charge in [-0.15, -0.1) is 16.4 Å². The fourth-order valence-corrected chi connectivity index (χ4v) is 4.67. The van der Waals surface area contributed by atoms with Gasteiger partial charge in [-0.2, -0.15) is 0 Å². The number of ether oxygens (including phenoxy) is 1. The van der Waals surface area contributed by atoms with Gasteiger partial charge in [-0.1, -0.05) is 18.2 Å². The molecule has 1 unspecified atom stereocenters. The van der Waals surface area contributed by atoms with Crippen molar-refractivity contribution in [2.45, 2.75) is 19.6 Å². The molecule has 1 aliphatic rings. The Kier molecular flexibility index (Phi) is 3.43. The van der Waals surface area contributed by atoms with Crippen LogP contribution in [0.5, 0.6) is 5.75 Å². The number of quaternary nitrogens is 1. The summed E-state index contributed by atoms with van der Waals surface area (Å²) in [5.74, 6) is 1.50. The van der Waals surface area contributed by atoms with E-state index in [0.717, 1.165) is 35.7 Å². The van der Waals surface area contributed by atoms with Crippen molar-refractivity contribution >= 4 is 27.2 Å². The summed E-state index contributed by atoms with van der Waals surface area (Å²) in [6.45, 7) is 2.57. The molecule has 6 nitrogen and oxygen atoms in total. The number of hydrogen-bond acceptors (Lipinski definition) is 5. The second-order valence-electron chi connectivity index (χ2n) is 6.46. The maximum absolute atomic E-state index is 5.78. The third-order valence-electron chi connectivity index (χ3n) is 4.63. The number of nitrogens with zero attached hydrogens (tertiary/aromatic N) is 4. The summed E-state index contributed by atoms with van der Waals surface area (Å²) in [5.41, 5.74) is 2.31. The van der Waals surface area contributed by atoms with Gasteiger partial charge in [0.15, 0.2) is 11.5 Å². The molecule has 0 saturated heterocycles. The van der Waals surface area contributed by atoms with Crippen LogP contribution in [0.1, 0.15) is 16.3 Å². The average molecular weight is 352 g/mol. The molecule has 5 rings (SSSR count). The number of thiophene rings is 1. The Hall–Kier alpha value is -2.51. The second-order valence-corrected chi connectivity index (χ2v) is 7.54. The lowest BCUT2D eigenvalue weighted by Crippen LogP contribution is -3.08. The van der Waals surface area contributed by atoms with E-state index in [4.69, 9.17) is 9.72 Å². The van der Waals surface area contributed by atoms with Crippen LogP contribution in [0.2, 0.25) is 0 Å². The van der Waals surface area contributed by atoms with Crippen LogP contribution in [0.15, 0.2) is 36.7 Å². The van der Waals surface area contributed by atoms with E-state index in [9.17, 15) is 0 Å². The first-order valence-corrected chi connectivity index (χ1v) is 9.23. The summed E-state index contributed by atoms with van der Waals surface area (Å²) < 4.78 is 7.56. The molecule has 1 N–H and O–H groups in total. The molecule has 0 aliphatic carbocycles. The number of rotatable bonds is 3. The Bertz CT molecular complexity index is 1060. The van der Waals surface area contributed by atoms with Crippen LogP contribution in [0.25, 0.3) is 15.9 Å². The summed E-state index contributed by atoms with van der Waals surface area (Å²) in [6.07, 6.45) is 2.83. The molecule has 0 saturated carbocycles. The van der Waals surface area contributed by atoms with E-state index in [1.807, 2.05) is 30.3 Å². The maximum Gasteiger partial charge on any atom is 0.189 e. The van der Waals surface area contributed by atoms with Gasteiger partial charge < -0.3 is 9.64 Å². The first kappa shape index (κ1) is 14.8. The van der Waals surface area contributed by atoms with E-state index in [-0.39, 0.29) is 0 Å². The lowest BCUT2D eigenvalue weighted by molar-refractivity contribution is -0.895. The van der Waals surface area contributed by atoms with Gasteiger partial charge in [0.2, 0.25) is 0 Å². The molecule has 4 heterocycles. The first-order chi connectivity index (χ1) is 12.3. The van der Waals surface area contributed by atoms with Crippen LogP contribution in [-0.4, -0.2) is 33.2 Å². The molecule has 1 atom stereocenters. The summed E-state index contributed by atoms with van der Waals surface area (Å²) >= 11 is 1.79. The lowest BCUT2D eigenvalue weighted by Gasteiger charge is -2.19. The summed E-state index contributed by atoms with van der Waals surface area (Å²) in [4.78, 5) is 13.4. The lowest BCUT2D eigenvalue weighted by atomic mass is 10.1. The molecule has 126 valence electrons. The molecule has 1 aliphatic heterocycles. The van der Waals surface area contributed by atoms with Crippen LogP contribution in [0.4, 0.5) is 0 Å². The Balaban J connectivity index is 1.54. The molecular formula is C18H18N5OS+. The van der Waals surface area contributed by atoms with Crippen molar-refractivity contribution < 1.29 is 9.64 Å². The van der Waals surface area contributed by atoms with Gasteiger partial charge in [0, 0.05) is 6.42 Å². The second kappa shape index (κ2) is 5.79. The largest absolute Gasteiger partial charge is 0.486 e. The van der Waals surface area contributed by atoms with E-state index < -0.39 is 0 Å². The van der Waals surface area contributed by atoms with Crippen LogP contribution in [-0.2, 0) is 19.6 Å². The van der Waals surface area contributed by atoms with Crippen molar-refractivity contribution in [1.82, 2.24) is 19.6 Å². The number of aromatic nitrogens is 4. The fourth-order valence-electron chi connectivity index (χ4n) is 3.38. The number of benzene rings is 1. The van der Waals surface area contributed by atoms with Crippen LogP contribution < -0.4 is 9.64 Å². The number of nitrogens with one attached hydrogen (secondary N) is 1. The number of fused-ring (bicyclic) bond motifs is 5. The minimum Gasteiger partial charge on any atom is -0.486 e. The summed E-state index contributed by atoms with van der Waals surface area (Å²) in [7, 11) is 2.24. The molecule has 0 amide bonds. The molecule has 25 heavy (non-hydrogen) atoms. The van der Waals surface area contributed by atoms with Crippen LogP contribution in [0.3, 0.4) is 0 Å². The predicted molar refractivity (Wildman–Crippen MR) is 96.1 cm³/mol. The topological polar surface area (TPSA) is 56.8 Å². The highest BCUT2D eigenvalue weighted by atomic mass is 32.1. The van der Waals surface area contributed by atoms with Crippen LogP contribution >= 0.6 is 11.3 Å². The number of likely N-dealkylation sites (N-methyl/N-ethyl adjacent to an activating group) is 1.